The SMILES string of the molecule is CNC(=O)c1nc(C#N)ccc1OC1CC1. The summed E-state index contributed by atoms with van der Waals surface area (Å²) in [5.74, 6) is 0.105. The Labute approximate surface area is 93.1 Å². The molecule has 0 atom stereocenters. The van der Waals surface area contributed by atoms with Crippen molar-refractivity contribution in [3.8, 4) is 11.8 Å². The molecular formula is C11H11N3O2. The minimum atomic E-state index is -0.340. The number of rotatable bonds is 3. The van der Waals surface area contributed by atoms with Crippen molar-refractivity contribution in [1.82, 2.24) is 10.3 Å². The van der Waals surface area contributed by atoms with Gasteiger partial charge in [0.1, 0.15) is 11.8 Å². The van der Waals surface area contributed by atoms with Crippen LogP contribution in [0.2, 0.25) is 0 Å². The van der Waals surface area contributed by atoms with Gasteiger partial charge in [0.25, 0.3) is 5.91 Å². The summed E-state index contributed by atoms with van der Waals surface area (Å²) < 4.78 is 5.55. The third-order valence-electron chi connectivity index (χ3n) is 2.23. The van der Waals surface area contributed by atoms with E-state index in [9.17, 15) is 4.79 Å². The zero-order valence-corrected chi connectivity index (χ0v) is 8.86. The van der Waals surface area contributed by atoms with Gasteiger partial charge in [-0.1, -0.05) is 0 Å². The van der Waals surface area contributed by atoms with Crippen molar-refractivity contribution in [1.29, 1.82) is 5.26 Å². The molecule has 1 aliphatic rings. The van der Waals surface area contributed by atoms with E-state index in [4.69, 9.17) is 10.00 Å². The average Bonchev–Trinajstić information content (AvgIpc) is 3.12. The molecule has 1 saturated carbocycles. The smallest absolute Gasteiger partial charge is 0.273 e. The fraction of sp³-hybridized carbons (Fsp3) is 0.364. The number of ether oxygens (including phenoxy) is 1. The number of aromatic nitrogens is 1. The van der Waals surface area contributed by atoms with Crippen molar-refractivity contribution in [3.05, 3.63) is 23.5 Å². The second-order valence-electron chi connectivity index (χ2n) is 3.55. The summed E-state index contributed by atoms with van der Waals surface area (Å²) in [6, 6.07) is 5.06. The van der Waals surface area contributed by atoms with Crippen molar-refractivity contribution in [2.24, 2.45) is 0 Å². The highest BCUT2D eigenvalue weighted by molar-refractivity contribution is 5.94. The molecule has 2 rings (SSSR count). The molecule has 0 spiro atoms. The highest BCUT2D eigenvalue weighted by Crippen LogP contribution is 2.28. The summed E-state index contributed by atoms with van der Waals surface area (Å²) in [6.45, 7) is 0. The lowest BCUT2D eigenvalue weighted by Gasteiger charge is -2.08. The van der Waals surface area contributed by atoms with Crippen LogP contribution in [0.5, 0.6) is 5.75 Å². The quantitative estimate of drug-likeness (QED) is 0.814. The number of nitriles is 1. The van der Waals surface area contributed by atoms with E-state index in [-0.39, 0.29) is 23.4 Å². The molecule has 0 radical (unpaired) electrons. The molecule has 5 nitrogen and oxygen atoms in total. The van der Waals surface area contributed by atoms with Gasteiger partial charge in [-0.25, -0.2) is 4.98 Å². The summed E-state index contributed by atoms with van der Waals surface area (Å²) in [6.07, 6.45) is 2.21. The molecule has 0 bridgehead atoms. The van der Waals surface area contributed by atoms with E-state index in [1.54, 1.807) is 12.1 Å². The second-order valence-corrected chi connectivity index (χ2v) is 3.55. The Hall–Kier alpha value is -2.09. The lowest BCUT2D eigenvalue weighted by Crippen LogP contribution is -2.21. The van der Waals surface area contributed by atoms with Crippen LogP contribution < -0.4 is 10.1 Å². The van der Waals surface area contributed by atoms with E-state index >= 15 is 0 Å². The van der Waals surface area contributed by atoms with E-state index in [0.29, 0.717) is 5.75 Å². The molecule has 1 aromatic rings. The molecule has 1 fully saturated rings. The van der Waals surface area contributed by atoms with Crippen LogP contribution in [-0.4, -0.2) is 24.0 Å². The monoisotopic (exact) mass is 217 g/mol. The Kier molecular flexibility index (Phi) is 2.73. The molecule has 0 aromatic carbocycles. The van der Waals surface area contributed by atoms with Crippen LogP contribution in [0.25, 0.3) is 0 Å². The van der Waals surface area contributed by atoms with Crippen LogP contribution in [0, 0.1) is 11.3 Å². The number of pyridine rings is 1. The van der Waals surface area contributed by atoms with Gasteiger partial charge in [0.2, 0.25) is 0 Å². The molecule has 1 N–H and O–H groups in total. The standard InChI is InChI=1S/C11H11N3O2/c1-13-11(15)10-9(16-8-3-4-8)5-2-7(6-12)14-10/h2,5,8H,3-4H2,1H3,(H,13,15). The molecule has 0 aliphatic heterocycles. The van der Waals surface area contributed by atoms with Crippen molar-refractivity contribution in [2.45, 2.75) is 18.9 Å². The van der Waals surface area contributed by atoms with Gasteiger partial charge >= 0.3 is 0 Å². The van der Waals surface area contributed by atoms with Gasteiger partial charge in [-0.2, -0.15) is 5.26 Å². The Morgan fingerprint density at radius 1 is 1.62 bits per heavy atom. The highest BCUT2D eigenvalue weighted by atomic mass is 16.5. The normalized spacial score (nSPS) is 14.0. The molecule has 82 valence electrons. The number of hydrogen-bond donors (Lipinski definition) is 1. The third-order valence-corrected chi connectivity index (χ3v) is 2.23. The van der Waals surface area contributed by atoms with Crippen LogP contribution >= 0.6 is 0 Å². The van der Waals surface area contributed by atoms with Gasteiger partial charge in [0, 0.05) is 7.05 Å². The largest absolute Gasteiger partial charge is 0.488 e. The molecule has 1 amide bonds. The fourth-order valence-electron chi connectivity index (χ4n) is 1.25. The third kappa shape index (κ3) is 2.11. The van der Waals surface area contributed by atoms with E-state index in [0.717, 1.165) is 12.8 Å². The first kappa shape index (κ1) is 10.4. The number of nitrogens with one attached hydrogen (secondary N) is 1. The van der Waals surface area contributed by atoms with Gasteiger partial charge in [-0.3, -0.25) is 4.79 Å². The maximum absolute atomic E-state index is 11.5. The first-order chi connectivity index (χ1) is 7.74. The first-order valence-corrected chi connectivity index (χ1v) is 5.04. The number of nitrogens with zero attached hydrogens (tertiary/aromatic N) is 2. The maximum Gasteiger partial charge on any atom is 0.273 e. The van der Waals surface area contributed by atoms with Crippen molar-refractivity contribution in [2.75, 3.05) is 7.05 Å². The Morgan fingerprint density at radius 3 is 2.94 bits per heavy atom. The summed E-state index contributed by atoms with van der Waals surface area (Å²) in [5, 5.41) is 11.2. The van der Waals surface area contributed by atoms with E-state index in [1.165, 1.54) is 7.05 Å². The summed E-state index contributed by atoms with van der Waals surface area (Å²) in [7, 11) is 1.52. The Bertz CT molecular complexity index is 461. The van der Waals surface area contributed by atoms with Crippen molar-refractivity contribution < 1.29 is 9.53 Å². The predicted octanol–water partition coefficient (Wildman–Crippen LogP) is 0.854. The van der Waals surface area contributed by atoms with Crippen molar-refractivity contribution in [3.63, 3.8) is 0 Å². The molecule has 5 heteroatoms. The van der Waals surface area contributed by atoms with Gasteiger partial charge in [-0.15, -0.1) is 0 Å². The van der Waals surface area contributed by atoms with Gasteiger partial charge in [-0.05, 0) is 25.0 Å². The number of carbonyl (C=O) groups excluding carboxylic acids is 1. The molecule has 0 saturated heterocycles. The topological polar surface area (TPSA) is 75.0 Å². The molecule has 0 unspecified atom stereocenters. The minimum Gasteiger partial charge on any atom is -0.488 e. The highest BCUT2D eigenvalue weighted by Gasteiger charge is 2.26. The minimum absolute atomic E-state index is 0.174. The van der Waals surface area contributed by atoms with Crippen molar-refractivity contribution >= 4 is 5.91 Å². The fourth-order valence-corrected chi connectivity index (χ4v) is 1.25. The lowest BCUT2D eigenvalue weighted by atomic mass is 10.2. The lowest BCUT2D eigenvalue weighted by molar-refractivity contribution is 0.0953. The zero-order chi connectivity index (χ0) is 11.5. The molecule has 1 aliphatic carbocycles. The summed E-state index contributed by atoms with van der Waals surface area (Å²) in [5.41, 5.74) is 0.384. The maximum atomic E-state index is 11.5. The van der Waals surface area contributed by atoms with Gasteiger partial charge < -0.3 is 10.1 Å². The molecule has 1 aromatic heterocycles. The summed E-state index contributed by atoms with van der Waals surface area (Å²) >= 11 is 0. The Balaban J connectivity index is 2.34. The number of hydrogen-bond acceptors (Lipinski definition) is 4. The molecule has 16 heavy (non-hydrogen) atoms. The number of amides is 1. The van der Waals surface area contributed by atoms with Crippen LogP contribution in [-0.2, 0) is 0 Å². The van der Waals surface area contributed by atoms with Crippen LogP contribution in [0.1, 0.15) is 29.0 Å². The zero-order valence-electron chi connectivity index (χ0n) is 8.86. The second kappa shape index (κ2) is 4.19. The van der Waals surface area contributed by atoms with E-state index in [2.05, 4.69) is 10.3 Å². The van der Waals surface area contributed by atoms with Gasteiger partial charge in [0.15, 0.2) is 11.4 Å². The van der Waals surface area contributed by atoms with E-state index in [1.807, 2.05) is 6.07 Å². The predicted molar refractivity (Wildman–Crippen MR) is 56.0 cm³/mol. The van der Waals surface area contributed by atoms with Crippen LogP contribution in [0.4, 0.5) is 0 Å². The average molecular weight is 217 g/mol. The summed E-state index contributed by atoms with van der Waals surface area (Å²) in [4.78, 5) is 15.5. The van der Waals surface area contributed by atoms with Crippen LogP contribution in [0.3, 0.4) is 0 Å². The van der Waals surface area contributed by atoms with Crippen LogP contribution in [0.15, 0.2) is 12.1 Å². The van der Waals surface area contributed by atoms with Gasteiger partial charge in [0.05, 0.1) is 6.10 Å². The first-order valence-electron chi connectivity index (χ1n) is 5.04. The molecule has 1 heterocycles. The Morgan fingerprint density at radius 2 is 2.38 bits per heavy atom. The number of carbonyl (C=O) groups is 1. The van der Waals surface area contributed by atoms with E-state index < -0.39 is 0 Å². The molecular weight excluding hydrogens is 206 g/mol.